The Balaban J connectivity index is 1.71. The van der Waals surface area contributed by atoms with E-state index in [1.54, 1.807) is 19.1 Å². The number of rotatable bonds is 6. The Hall–Kier alpha value is -3.27. The molecule has 1 amide bonds. The molecule has 1 saturated carbocycles. The molecule has 0 radical (unpaired) electrons. The summed E-state index contributed by atoms with van der Waals surface area (Å²) in [6, 6.07) is 8.26. The average molecular weight is 369 g/mol. The zero-order valence-corrected chi connectivity index (χ0v) is 14.8. The molecule has 0 aliphatic heterocycles. The Labute approximate surface area is 156 Å². The second-order valence-corrected chi connectivity index (χ2v) is 6.71. The molecule has 2 aromatic rings. The van der Waals surface area contributed by atoms with E-state index in [0.29, 0.717) is 18.1 Å². The third kappa shape index (κ3) is 4.29. The van der Waals surface area contributed by atoms with Crippen LogP contribution in [0.1, 0.15) is 47.3 Å². The number of nitrogens with one attached hydrogen (secondary N) is 1. The summed E-state index contributed by atoms with van der Waals surface area (Å²) < 4.78 is 19.7. The molecule has 1 atom stereocenters. The minimum absolute atomic E-state index is 0.0718. The monoisotopic (exact) mass is 369 g/mol. The van der Waals surface area contributed by atoms with Crippen molar-refractivity contribution >= 4 is 11.6 Å². The molecule has 0 spiro atoms. The van der Waals surface area contributed by atoms with E-state index < -0.39 is 17.8 Å². The Morgan fingerprint density at radius 1 is 1.44 bits per heavy atom. The first-order valence-corrected chi connectivity index (χ1v) is 8.64. The van der Waals surface area contributed by atoms with Crippen molar-refractivity contribution < 1.29 is 19.0 Å². The lowest BCUT2D eigenvalue weighted by Crippen LogP contribution is -2.27. The predicted octanol–water partition coefficient (Wildman–Crippen LogP) is 3.26. The van der Waals surface area contributed by atoms with Gasteiger partial charge in [0.05, 0.1) is 29.5 Å². The van der Waals surface area contributed by atoms with Crippen LogP contribution < -0.4 is 15.8 Å². The fourth-order valence-electron chi connectivity index (χ4n) is 2.64. The van der Waals surface area contributed by atoms with Gasteiger partial charge >= 0.3 is 0 Å². The van der Waals surface area contributed by atoms with Gasteiger partial charge < -0.3 is 20.9 Å². The molecule has 7 heteroatoms. The summed E-state index contributed by atoms with van der Waals surface area (Å²) in [5.74, 6) is -0.694. The number of aromatic hydroxyl groups is 1. The smallest absolute Gasteiger partial charge is 0.255 e. The molecule has 0 bridgehead atoms. The zero-order valence-electron chi connectivity index (χ0n) is 14.8. The van der Waals surface area contributed by atoms with Gasteiger partial charge in [0.15, 0.2) is 11.6 Å². The van der Waals surface area contributed by atoms with Crippen LogP contribution in [0.4, 0.5) is 10.1 Å². The van der Waals surface area contributed by atoms with E-state index in [2.05, 4.69) is 5.32 Å². The van der Waals surface area contributed by atoms with Gasteiger partial charge in [0, 0.05) is 6.07 Å². The number of anilines is 1. The molecule has 4 N–H and O–H groups in total. The van der Waals surface area contributed by atoms with Gasteiger partial charge in [0.25, 0.3) is 5.91 Å². The number of benzene rings is 2. The lowest BCUT2D eigenvalue weighted by atomic mass is 10.0. The standard InChI is InChI=1S/C20H20FN3O3/c1-11(13-4-5-19(16(21)7-13)27-10-12-2-3-12)24-20(26)15-6-14(9-22)17(23)8-18(15)25/h4-8,11-12,25H,2-3,10,23H2,1H3,(H,24,26)/t11-/m1/s1. The summed E-state index contributed by atoms with van der Waals surface area (Å²) in [6.45, 7) is 2.21. The molecule has 1 fully saturated rings. The van der Waals surface area contributed by atoms with Gasteiger partial charge in [-0.2, -0.15) is 5.26 Å². The molecule has 1 aliphatic rings. The van der Waals surface area contributed by atoms with E-state index in [4.69, 9.17) is 15.7 Å². The Kier molecular flexibility index (Phi) is 5.17. The number of carbonyl (C=O) groups is 1. The van der Waals surface area contributed by atoms with Crippen LogP contribution in [0.15, 0.2) is 30.3 Å². The molecule has 0 heterocycles. The number of phenolic OH excluding ortho intramolecular Hbond substituents is 1. The highest BCUT2D eigenvalue weighted by atomic mass is 19.1. The van der Waals surface area contributed by atoms with Crippen LogP contribution in [0.25, 0.3) is 0 Å². The van der Waals surface area contributed by atoms with Crippen LogP contribution >= 0.6 is 0 Å². The number of amides is 1. The molecule has 6 nitrogen and oxygen atoms in total. The number of nitriles is 1. The third-order valence-electron chi connectivity index (χ3n) is 4.51. The molecule has 2 aromatic carbocycles. The summed E-state index contributed by atoms with van der Waals surface area (Å²) >= 11 is 0. The minimum Gasteiger partial charge on any atom is -0.507 e. The number of hydrogen-bond acceptors (Lipinski definition) is 5. The molecule has 1 aliphatic carbocycles. The van der Waals surface area contributed by atoms with E-state index in [-0.39, 0.29) is 28.3 Å². The maximum Gasteiger partial charge on any atom is 0.255 e. The summed E-state index contributed by atoms with van der Waals surface area (Å²) in [5.41, 5.74) is 6.26. The molecular weight excluding hydrogens is 349 g/mol. The van der Waals surface area contributed by atoms with Crippen LogP contribution in [0.3, 0.4) is 0 Å². The fourth-order valence-corrected chi connectivity index (χ4v) is 2.64. The summed E-state index contributed by atoms with van der Waals surface area (Å²) in [5, 5.41) is 21.6. The SMILES string of the molecule is C[C@@H](NC(=O)c1cc(C#N)c(N)cc1O)c1ccc(OCC2CC2)c(F)c1. The van der Waals surface area contributed by atoms with Gasteiger partial charge in [0.1, 0.15) is 11.8 Å². The van der Waals surface area contributed by atoms with Crippen molar-refractivity contribution in [2.24, 2.45) is 5.92 Å². The van der Waals surface area contributed by atoms with Gasteiger partial charge in [-0.3, -0.25) is 4.79 Å². The molecule has 27 heavy (non-hydrogen) atoms. The highest BCUT2D eigenvalue weighted by Crippen LogP contribution is 2.31. The van der Waals surface area contributed by atoms with Gasteiger partial charge in [-0.05, 0) is 49.4 Å². The number of nitrogens with zero attached hydrogens (tertiary/aromatic N) is 1. The van der Waals surface area contributed by atoms with E-state index in [1.165, 1.54) is 12.1 Å². The Morgan fingerprint density at radius 2 is 2.19 bits per heavy atom. The molecule has 140 valence electrons. The highest BCUT2D eigenvalue weighted by molar-refractivity contribution is 5.98. The van der Waals surface area contributed by atoms with E-state index in [9.17, 15) is 14.3 Å². The van der Waals surface area contributed by atoms with E-state index in [1.807, 2.05) is 6.07 Å². The van der Waals surface area contributed by atoms with Gasteiger partial charge in [-0.25, -0.2) is 4.39 Å². The quantitative estimate of drug-likeness (QED) is 0.677. The molecule has 0 aromatic heterocycles. The lowest BCUT2D eigenvalue weighted by Gasteiger charge is -2.16. The summed E-state index contributed by atoms with van der Waals surface area (Å²) in [4.78, 5) is 12.4. The maximum absolute atomic E-state index is 14.2. The first-order valence-electron chi connectivity index (χ1n) is 8.64. The second kappa shape index (κ2) is 7.54. The highest BCUT2D eigenvalue weighted by Gasteiger charge is 2.23. The average Bonchev–Trinajstić information content (AvgIpc) is 3.45. The number of nitrogen functional groups attached to an aromatic ring is 1. The van der Waals surface area contributed by atoms with Crippen LogP contribution in [0.2, 0.25) is 0 Å². The zero-order chi connectivity index (χ0) is 19.6. The molecular formula is C20H20FN3O3. The van der Waals surface area contributed by atoms with Crippen molar-refractivity contribution in [2.45, 2.75) is 25.8 Å². The topological polar surface area (TPSA) is 108 Å². The van der Waals surface area contributed by atoms with Gasteiger partial charge in [-0.15, -0.1) is 0 Å². The van der Waals surface area contributed by atoms with Crippen LogP contribution in [-0.4, -0.2) is 17.6 Å². The normalized spacial score (nSPS) is 14.3. The molecule has 0 unspecified atom stereocenters. The first-order chi connectivity index (χ1) is 12.9. The largest absolute Gasteiger partial charge is 0.507 e. The van der Waals surface area contributed by atoms with Crippen molar-refractivity contribution in [2.75, 3.05) is 12.3 Å². The second-order valence-electron chi connectivity index (χ2n) is 6.71. The molecule has 0 saturated heterocycles. The first kappa shape index (κ1) is 18.5. The number of halogens is 1. The number of carbonyl (C=O) groups excluding carboxylic acids is 1. The van der Waals surface area contributed by atoms with Crippen LogP contribution in [0, 0.1) is 23.1 Å². The Bertz CT molecular complexity index is 919. The van der Waals surface area contributed by atoms with Crippen molar-refractivity contribution in [1.29, 1.82) is 5.26 Å². The van der Waals surface area contributed by atoms with Crippen molar-refractivity contribution in [3.8, 4) is 17.6 Å². The number of phenols is 1. The van der Waals surface area contributed by atoms with Crippen LogP contribution in [-0.2, 0) is 0 Å². The van der Waals surface area contributed by atoms with Gasteiger partial charge in [-0.1, -0.05) is 6.07 Å². The minimum atomic E-state index is -0.592. The lowest BCUT2D eigenvalue weighted by molar-refractivity contribution is 0.0937. The van der Waals surface area contributed by atoms with E-state index in [0.717, 1.165) is 18.9 Å². The maximum atomic E-state index is 14.2. The van der Waals surface area contributed by atoms with Gasteiger partial charge in [0.2, 0.25) is 0 Å². The Morgan fingerprint density at radius 3 is 2.81 bits per heavy atom. The number of ether oxygens (including phenoxy) is 1. The molecule has 3 rings (SSSR count). The van der Waals surface area contributed by atoms with Crippen molar-refractivity contribution in [1.82, 2.24) is 5.32 Å². The summed E-state index contributed by atoms with van der Waals surface area (Å²) in [6.07, 6.45) is 2.24. The number of nitrogens with two attached hydrogens (primary N) is 1. The van der Waals surface area contributed by atoms with Crippen LogP contribution in [0.5, 0.6) is 11.5 Å². The predicted molar refractivity (Wildman–Crippen MR) is 97.7 cm³/mol. The van der Waals surface area contributed by atoms with Crippen molar-refractivity contribution in [3.05, 3.63) is 52.8 Å². The van der Waals surface area contributed by atoms with Crippen molar-refractivity contribution in [3.63, 3.8) is 0 Å². The third-order valence-corrected chi connectivity index (χ3v) is 4.51. The fraction of sp³-hybridized carbons (Fsp3) is 0.300. The van der Waals surface area contributed by atoms with E-state index >= 15 is 0 Å². The summed E-state index contributed by atoms with van der Waals surface area (Å²) in [7, 11) is 0. The number of hydrogen-bond donors (Lipinski definition) is 3.